The summed E-state index contributed by atoms with van der Waals surface area (Å²) >= 11 is 0. The summed E-state index contributed by atoms with van der Waals surface area (Å²) in [6.45, 7) is -0.589. The molecule has 0 saturated carbocycles. The van der Waals surface area contributed by atoms with Crippen molar-refractivity contribution in [3.05, 3.63) is 51.6 Å². The number of hydrogen-bond acceptors (Lipinski definition) is 7. The number of fused-ring (bicyclic) bond motifs is 3. The van der Waals surface area contributed by atoms with E-state index in [0.29, 0.717) is 29.7 Å². The van der Waals surface area contributed by atoms with Crippen molar-refractivity contribution in [2.45, 2.75) is 19.3 Å². The Morgan fingerprint density at radius 3 is 2.52 bits per heavy atom. The molecule has 2 aromatic carbocycles. The Labute approximate surface area is 192 Å². The van der Waals surface area contributed by atoms with Gasteiger partial charge in [0, 0.05) is 55.3 Å². The van der Waals surface area contributed by atoms with E-state index in [1.54, 1.807) is 18.2 Å². The zero-order valence-electron chi connectivity index (χ0n) is 15.8. The summed E-state index contributed by atoms with van der Waals surface area (Å²) in [6.07, 6.45) is 0.852. The molecule has 2 aromatic rings. The van der Waals surface area contributed by atoms with Crippen LogP contribution in [0.2, 0.25) is 0 Å². The molecule has 2 aliphatic rings. The number of phenols is 2. The van der Waals surface area contributed by atoms with Crippen molar-refractivity contribution in [3.63, 3.8) is 0 Å². The van der Waals surface area contributed by atoms with Crippen molar-refractivity contribution in [2.75, 3.05) is 13.7 Å². The fourth-order valence-electron chi connectivity index (χ4n) is 4.26. The predicted molar refractivity (Wildman–Crippen MR) is 99.7 cm³/mol. The van der Waals surface area contributed by atoms with Crippen LogP contribution in [0, 0.1) is 11.3 Å². The Hall–Kier alpha value is -2.09. The van der Waals surface area contributed by atoms with Gasteiger partial charge in [-0.15, -0.1) is 0 Å². The van der Waals surface area contributed by atoms with Gasteiger partial charge in [-0.2, -0.15) is 0 Å². The maximum atomic E-state index is 13.1. The third-order valence-corrected chi connectivity index (χ3v) is 5.68. The molecule has 0 fully saturated rings. The van der Waals surface area contributed by atoms with Gasteiger partial charge >= 0.3 is 0 Å². The number of Topliss-reactive ketones (excluding diaryl/α,β-unsaturated/α-hetero) is 1. The number of phenolic OH excluding ortho intramolecular Hbond substituents is 2. The minimum Gasteiger partial charge on any atom is -0.507 e. The van der Waals surface area contributed by atoms with Crippen molar-refractivity contribution < 1.29 is 62.4 Å². The van der Waals surface area contributed by atoms with Crippen molar-refractivity contribution in [1.29, 1.82) is 5.41 Å². The number of aromatic hydroxyl groups is 2. The number of rotatable bonds is 3. The van der Waals surface area contributed by atoms with Gasteiger partial charge < -0.3 is 20.1 Å². The quantitative estimate of drug-likeness (QED) is 0.432. The van der Waals surface area contributed by atoms with E-state index in [-0.39, 0.29) is 84.4 Å². The van der Waals surface area contributed by atoms with E-state index < -0.39 is 18.3 Å². The van der Waals surface area contributed by atoms with Gasteiger partial charge in [0.15, 0.2) is 11.6 Å². The van der Waals surface area contributed by atoms with Gasteiger partial charge in [-0.3, -0.25) is 15.0 Å². The van der Waals surface area contributed by atoms with Crippen LogP contribution in [0.15, 0.2) is 18.2 Å². The molecule has 0 spiro atoms. The molecule has 0 bridgehead atoms. The molecule has 1 atom stereocenters. The van der Waals surface area contributed by atoms with Crippen LogP contribution in [0.5, 0.6) is 17.2 Å². The molecule has 1 radical (unpaired) electrons. The van der Waals surface area contributed by atoms with Crippen molar-refractivity contribution >= 4 is 17.3 Å². The number of nitrogens with one attached hydrogen (secondary N) is 1. The number of carbonyl (C=O) groups excluding carboxylic acids is 2. The molecule has 29 heavy (non-hydrogen) atoms. The first-order chi connectivity index (χ1) is 13.4. The number of methoxy groups -OCH3 is 1. The maximum absolute atomic E-state index is 13.1. The molecule has 1 unspecified atom stereocenters. The second-order valence-corrected chi connectivity index (χ2v) is 7.06. The van der Waals surface area contributed by atoms with Gasteiger partial charge in [-0.05, 0) is 25.3 Å². The van der Waals surface area contributed by atoms with Crippen LogP contribution < -0.4 is 4.74 Å². The van der Waals surface area contributed by atoms with Gasteiger partial charge in [0.2, 0.25) is 0 Å². The molecule has 0 amide bonds. The number of hydrogen-bond donors (Lipinski definition) is 4. The summed E-state index contributed by atoms with van der Waals surface area (Å²) < 4.78 is 5.28. The van der Waals surface area contributed by atoms with Crippen LogP contribution in [-0.4, -0.2) is 46.3 Å². The number of aliphatic hydroxyl groups excluding tert-OH is 1. The van der Waals surface area contributed by atoms with E-state index in [4.69, 9.17) is 15.3 Å². The van der Waals surface area contributed by atoms with Gasteiger partial charge in [-0.1, -0.05) is 12.1 Å². The maximum Gasteiger partial charge on any atom is 0.198 e. The summed E-state index contributed by atoms with van der Waals surface area (Å²) in [5.41, 5.74) is 1.04. The summed E-state index contributed by atoms with van der Waals surface area (Å²) in [4.78, 5) is 25.0. The Balaban J connectivity index is 0.00000240. The fraction of sp³-hybridized carbons (Fsp3) is 0.286. The Bertz CT molecular complexity index is 1060. The van der Waals surface area contributed by atoms with Crippen LogP contribution in [0.3, 0.4) is 0 Å². The molecule has 8 heteroatoms. The van der Waals surface area contributed by atoms with Crippen LogP contribution in [-0.2, 0) is 50.3 Å². The average molecular weight is 470 g/mol. The van der Waals surface area contributed by atoms with Crippen LogP contribution >= 0.6 is 0 Å². The zero-order chi connectivity index (χ0) is 20.2. The van der Waals surface area contributed by atoms with Crippen LogP contribution in [0.1, 0.15) is 44.6 Å². The number of ketones is 2. The smallest absolute Gasteiger partial charge is 0.198 e. The molecule has 0 aromatic heterocycles. The number of ether oxygens (including phenoxy) is 1. The Morgan fingerprint density at radius 1 is 1.17 bits per heavy atom. The molecule has 4 N–H and O–H groups in total. The first-order valence-electron chi connectivity index (χ1n) is 8.94. The SMILES string of the molecule is COc1cccc2c1C(=N)c1c(O)c3c(c(O)c1C2=O)CC(C(=O)CO)CC3.[Y]. The third kappa shape index (κ3) is 3.12. The summed E-state index contributed by atoms with van der Waals surface area (Å²) in [5, 5.41) is 39.5. The molecule has 4 rings (SSSR count). The summed E-state index contributed by atoms with van der Waals surface area (Å²) in [5.74, 6) is -1.50. The normalized spacial score (nSPS) is 17.0. The van der Waals surface area contributed by atoms with Crippen molar-refractivity contribution in [1.82, 2.24) is 0 Å². The zero-order valence-corrected chi connectivity index (χ0v) is 18.6. The van der Waals surface area contributed by atoms with E-state index in [1.807, 2.05) is 0 Å². The van der Waals surface area contributed by atoms with E-state index in [2.05, 4.69) is 0 Å². The third-order valence-electron chi connectivity index (χ3n) is 5.68. The first-order valence-corrected chi connectivity index (χ1v) is 8.94. The molecule has 0 saturated heterocycles. The predicted octanol–water partition coefficient (Wildman–Crippen LogP) is 1.73. The Kier molecular flexibility index (Phi) is 5.94. The average Bonchev–Trinajstić information content (AvgIpc) is 2.72. The molecular formula is C21H19NO6Y. The standard InChI is InChI=1S/C21H19NO6.Y/c1-28-14-4-2-3-11-15(14)18(22)16-17(20(11)26)21(27)12-7-9(13(24)8-23)5-6-10(12)19(16)25;/h2-4,9,22-23,25,27H,5-8H2,1H3;. The first kappa shape index (κ1) is 21.6. The summed E-state index contributed by atoms with van der Waals surface area (Å²) in [7, 11) is 1.44. The van der Waals surface area contributed by atoms with Crippen LogP contribution in [0.4, 0.5) is 0 Å². The van der Waals surface area contributed by atoms with Crippen LogP contribution in [0.25, 0.3) is 0 Å². The second-order valence-electron chi connectivity index (χ2n) is 7.06. The minimum atomic E-state index is -0.589. The van der Waals surface area contributed by atoms with Gasteiger partial charge in [0.1, 0.15) is 23.9 Å². The fourth-order valence-corrected chi connectivity index (χ4v) is 4.26. The molecular weight excluding hydrogens is 451 g/mol. The summed E-state index contributed by atoms with van der Waals surface area (Å²) in [6, 6.07) is 4.80. The van der Waals surface area contributed by atoms with Gasteiger partial charge in [-0.25, -0.2) is 0 Å². The number of benzene rings is 2. The topological polar surface area (TPSA) is 128 Å². The van der Waals surface area contributed by atoms with Gasteiger partial charge in [0.05, 0.1) is 29.5 Å². The number of carbonyl (C=O) groups is 2. The van der Waals surface area contributed by atoms with E-state index in [0.717, 1.165) is 0 Å². The largest absolute Gasteiger partial charge is 0.507 e. The monoisotopic (exact) mass is 470 g/mol. The Morgan fingerprint density at radius 2 is 1.86 bits per heavy atom. The number of aliphatic hydroxyl groups is 1. The van der Waals surface area contributed by atoms with E-state index in [9.17, 15) is 19.8 Å². The minimum absolute atomic E-state index is 0. The van der Waals surface area contributed by atoms with E-state index >= 15 is 0 Å². The molecule has 147 valence electrons. The molecule has 7 nitrogen and oxygen atoms in total. The second kappa shape index (κ2) is 7.97. The van der Waals surface area contributed by atoms with Crippen molar-refractivity contribution in [2.24, 2.45) is 5.92 Å². The van der Waals surface area contributed by atoms with E-state index in [1.165, 1.54) is 7.11 Å². The molecule has 0 aliphatic heterocycles. The molecule has 2 aliphatic carbocycles. The van der Waals surface area contributed by atoms with Gasteiger partial charge in [0.25, 0.3) is 0 Å². The van der Waals surface area contributed by atoms with Crippen molar-refractivity contribution in [3.8, 4) is 17.2 Å². The molecule has 0 heterocycles.